The topological polar surface area (TPSA) is 95.5 Å². The van der Waals surface area contributed by atoms with Gasteiger partial charge >= 0.3 is 5.97 Å². The highest BCUT2D eigenvalue weighted by atomic mass is 35.5. The third-order valence-corrected chi connectivity index (χ3v) is 3.67. The van der Waals surface area contributed by atoms with Crippen LogP contribution < -0.4 is 10.6 Å². The first-order valence-corrected chi connectivity index (χ1v) is 7.63. The van der Waals surface area contributed by atoms with Crippen LogP contribution in [0, 0.1) is 5.92 Å². The molecule has 0 aliphatic heterocycles. The molecule has 3 N–H and O–H groups in total. The summed E-state index contributed by atoms with van der Waals surface area (Å²) in [6, 6.07) is 4.93. The summed E-state index contributed by atoms with van der Waals surface area (Å²) in [4.78, 5) is 34.9. The molecule has 0 saturated carbocycles. The van der Waals surface area contributed by atoms with E-state index in [-0.39, 0.29) is 18.2 Å². The van der Waals surface area contributed by atoms with E-state index < -0.39 is 24.0 Å². The van der Waals surface area contributed by atoms with Crippen molar-refractivity contribution >= 4 is 29.4 Å². The van der Waals surface area contributed by atoms with Gasteiger partial charge in [-0.1, -0.05) is 43.6 Å². The van der Waals surface area contributed by atoms with Crippen molar-refractivity contribution in [3.63, 3.8) is 0 Å². The van der Waals surface area contributed by atoms with Crippen molar-refractivity contribution < 1.29 is 19.5 Å². The number of nitrogens with one attached hydrogen (secondary N) is 2. The van der Waals surface area contributed by atoms with Crippen molar-refractivity contribution in [1.82, 2.24) is 10.6 Å². The molecule has 6 nitrogen and oxygen atoms in total. The number of halogens is 1. The molecule has 1 aromatic carbocycles. The molecule has 0 spiro atoms. The number of benzene rings is 1. The van der Waals surface area contributed by atoms with Crippen molar-refractivity contribution in [3.05, 3.63) is 34.9 Å². The number of amides is 2. The molecule has 0 heterocycles. The van der Waals surface area contributed by atoms with Gasteiger partial charge in [-0.3, -0.25) is 9.59 Å². The van der Waals surface area contributed by atoms with Gasteiger partial charge < -0.3 is 15.7 Å². The summed E-state index contributed by atoms with van der Waals surface area (Å²) in [6.07, 6.45) is 0.0611. The van der Waals surface area contributed by atoms with Crippen molar-refractivity contribution in [3.8, 4) is 0 Å². The molecule has 0 aromatic heterocycles. The van der Waals surface area contributed by atoms with E-state index >= 15 is 0 Å². The predicted octanol–water partition coefficient (Wildman–Crippen LogP) is 1.61. The van der Waals surface area contributed by atoms with Gasteiger partial charge in [0.2, 0.25) is 11.8 Å². The van der Waals surface area contributed by atoms with Gasteiger partial charge in [0.15, 0.2) is 0 Å². The Morgan fingerprint density at radius 2 is 1.78 bits per heavy atom. The Hall–Kier alpha value is -2.08. The zero-order valence-corrected chi connectivity index (χ0v) is 14.1. The summed E-state index contributed by atoms with van der Waals surface area (Å²) < 4.78 is 0. The second kappa shape index (κ2) is 8.53. The lowest BCUT2D eigenvalue weighted by Gasteiger charge is -2.23. The van der Waals surface area contributed by atoms with Gasteiger partial charge in [-0.2, -0.15) is 0 Å². The van der Waals surface area contributed by atoms with E-state index in [1.165, 1.54) is 6.92 Å². The second-order valence-corrected chi connectivity index (χ2v) is 6.02. The molecule has 7 heteroatoms. The zero-order valence-electron chi connectivity index (χ0n) is 13.3. The molecule has 0 bridgehead atoms. The van der Waals surface area contributed by atoms with E-state index in [1.54, 1.807) is 38.1 Å². The van der Waals surface area contributed by atoms with Crippen LogP contribution in [0.2, 0.25) is 5.02 Å². The average Bonchev–Trinajstić information content (AvgIpc) is 2.45. The van der Waals surface area contributed by atoms with E-state index in [1.807, 2.05) is 0 Å². The van der Waals surface area contributed by atoms with E-state index in [9.17, 15) is 19.5 Å². The molecule has 2 atom stereocenters. The minimum absolute atomic E-state index is 0.0611. The maximum absolute atomic E-state index is 12.3. The van der Waals surface area contributed by atoms with Gasteiger partial charge in [0, 0.05) is 18.4 Å². The van der Waals surface area contributed by atoms with E-state index in [2.05, 4.69) is 10.6 Å². The number of carbonyl (C=O) groups is 3. The molecular formula is C16H21ClN2O4. The quantitative estimate of drug-likeness (QED) is 0.702. The molecule has 0 aliphatic carbocycles. The highest BCUT2D eigenvalue weighted by Gasteiger charge is 2.28. The maximum atomic E-state index is 12.3. The largest absolute Gasteiger partial charge is 0.480 e. The second-order valence-electron chi connectivity index (χ2n) is 5.62. The summed E-state index contributed by atoms with van der Waals surface area (Å²) in [6.45, 7) is 4.84. The number of hydrogen-bond acceptors (Lipinski definition) is 3. The maximum Gasteiger partial charge on any atom is 0.326 e. The molecule has 126 valence electrons. The first-order valence-electron chi connectivity index (χ1n) is 7.26. The van der Waals surface area contributed by atoms with E-state index in [0.29, 0.717) is 10.6 Å². The number of aliphatic carboxylic acids is 1. The number of carbonyl (C=O) groups excluding carboxylic acids is 2. The van der Waals surface area contributed by atoms with Gasteiger partial charge in [-0.05, 0) is 17.5 Å². The summed E-state index contributed by atoms with van der Waals surface area (Å²) in [5, 5.41) is 14.8. The van der Waals surface area contributed by atoms with Crippen molar-refractivity contribution in [1.29, 1.82) is 0 Å². The Morgan fingerprint density at radius 1 is 1.17 bits per heavy atom. The molecule has 0 fully saturated rings. The van der Waals surface area contributed by atoms with Crippen LogP contribution in [0.15, 0.2) is 24.3 Å². The molecule has 1 rings (SSSR count). The SMILES string of the molecule is CC(=O)N[C@@H](C(=O)N[C@H](Cc1ccccc1Cl)C(=O)O)C(C)C. The van der Waals surface area contributed by atoms with Gasteiger partial charge in [-0.15, -0.1) is 0 Å². The number of carboxylic acids is 1. The van der Waals surface area contributed by atoms with E-state index in [4.69, 9.17) is 11.6 Å². The Morgan fingerprint density at radius 3 is 2.26 bits per heavy atom. The molecular weight excluding hydrogens is 320 g/mol. The molecule has 23 heavy (non-hydrogen) atoms. The Balaban J connectivity index is 2.86. The fourth-order valence-corrected chi connectivity index (χ4v) is 2.31. The molecule has 0 saturated heterocycles. The molecule has 0 aliphatic rings. The summed E-state index contributed by atoms with van der Waals surface area (Å²) in [7, 11) is 0. The first-order chi connectivity index (χ1) is 10.7. The van der Waals surface area contributed by atoms with Crippen LogP contribution in [-0.2, 0) is 20.8 Å². The third kappa shape index (κ3) is 5.90. The van der Waals surface area contributed by atoms with Crippen molar-refractivity contribution in [2.75, 3.05) is 0 Å². The number of hydrogen-bond donors (Lipinski definition) is 3. The highest BCUT2D eigenvalue weighted by molar-refractivity contribution is 6.31. The van der Waals surface area contributed by atoms with Gasteiger partial charge in [-0.25, -0.2) is 4.79 Å². The molecule has 2 amide bonds. The standard InChI is InChI=1S/C16H21ClN2O4/c1-9(2)14(18-10(3)20)15(21)19-13(16(22)23)8-11-6-4-5-7-12(11)17/h4-7,9,13-14H,8H2,1-3H3,(H,18,20)(H,19,21)(H,22,23)/t13-,14-/m1/s1. The summed E-state index contributed by atoms with van der Waals surface area (Å²) in [5.74, 6) is -2.22. The van der Waals surface area contributed by atoms with Crippen LogP contribution in [0.4, 0.5) is 0 Å². The Bertz CT molecular complexity index is 589. The lowest BCUT2D eigenvalue weighted by Crippen LogP contribution is -2.53. The third-order valence-electron chi connectivity index (χ3n) is 3.30. The van der Waals surface area contributed by atoms with Crippen LogP contribution >= 0.6 is 11.6 Å². The van der Waals surface area contributed by atoms with Crippen LogP contribution in [-0.4, -0.2) is 35.0 Å². The normalized spacial score (nSPS) is 13.3. The van der Waals surface area contributed by atoms with Gasteiger partial charge in [0.25, 0.3) is 0 Å². The van der Waals surface area contributed by atoms with Crippen molar-refractivity contribution in [2.24, 2.45) is 5.92 Å². The molecule has 0 unspecified atom stereocenters. The monoisotopic (exact) mass is 340 g/mol. The number of rotatable bonds is 7. The fourth-order valence-electron chi connectivity index (χ4n) is 2.10. The van der Waals surface area contributed by atoms with Crippen LogP contribution in [0.5, 0.6) is 0 Å². The lowest BCUT2D eigenvalue weighted by atomic mass is 10.0. The van der Waals surface area contributed by atoms with Crippen molar-refractivity contribution in [2.45, 2.75) is 39.3 Å². The molecule has 1 aromatic rings. The smallest absolute Gasteiger partial charge is 0.326 e. The van der Waals surface area contributed by atoms with E-state index in [0.717, 1.165) is 0 Å². The minimum Gasteiger partial charge on any atom is -0.480 e. The van der Waals surface area contributed by atoms with Gasteiger partial charge in [0.05, 0.1) is 0 Å². The fraction of sp³-hybridized carbons (Fsp3) is 0.438. The minimum atomic E-state index is -1.16. The summed E-state index contributed by atoms with van der Waals surface area (Å²) >= 11 is 6.03. The first kappa shape index (κ1) is 19.0. The van der Waals surface area contributed by atoms with Gasteiger partial charge in [0.1, 0.15) is 12.1 Å². The molecule has 0 radical (unpaired) electrons. The highest BCUT2D eigenvalue weighted by Crippen LogP contribution is 2.17. The van der Waals surface area contributed by atoms with Crippen LogP contribution in [0.1, 0.15) is 26.3 Å². The summed E-state index contributed by atoms with van der Waals surface area (Å²) in [5.41, 5.74) is 0.627. The number of carboxylic acid groups (broad SMARTS) is 1. The van der Waals surface area contributed by atoms with Crippen LogP contribution in [0.3, 0.4) is 0 Å². The van der Waals surface area contributed by atoms with Crippen LogP contribution in [0.25, 0.3) is 0 Å². The Labute approximate surface area is 140 Å². The lowest BCUT2D eigenvalue weighted by molar-refractivity contribution is -0.142. The average molecular weight is 341 g/mol. The Kier molecular flexibility index (Phi) is 7.03. The predicted molar refractivity (Wildman–Crippen MR) is 87.2 cm³/mol. The zero-order chi connectivity index (χ0) is 17.6.